The number of aromatic nitrogens is 1. The van der Waals surface area contributed by atoms with E-state index in [2.05, 4.69) is 20.9 Å². The molecule has 0 aliphatic rings. The molecule has 0 spiro atoms. The maximum absolute atomic E-state index is 13.5. The zero-order chi connectivity index (χ0) is 14.2. The fourth-order valence-corrected chi connectivity index (χ4v) is 1.71. The van der Waals surface area contributed by atoms with Crippen LogP contribution in [0, 0.1) is 29.2 Å². The zero-order valence-corrected chi connectivity index (χ0v) is 10.5. The lowest BCUT2D eigenvalue weighted by atomic mass is 10.3. The third kappa shape index (κ3) is 2.83. The fraction of sp³-hybridized carbons (Fsp3) is 0. The van der Waals surface area contributed by atoms with Crippen LogP contribution in [0.1, 0.15) is 0 Å². The molecule has 1 N–H and O–H groups in total. The minimum absolute atomic E-state index is 0.131. The summed E-state index contributed by atoms with van der Waals surface area (Å²) < 4.78 is 65.8. The van der Waals surface area contributed by atoms with Gasteiger partial charge in [-0.25, -0.2) is 17.6 Å². The van der Waals surface area contributed by atoms with Crippen LogP contribution in [0.2, 0.25) is 0 Å². The Kier molecular flexibility index (Phi) is 3.70. The van der Waals surface area contributed by atoms with Crippen LogP contribution in [0.3, 0.4) is 0 Å². The van der Waals surface area contributed by atoms with Crippen molar-refractivity contribution in [2.24, 2.45) is 0 Å². The van der Waals surface area contributed by atoms with Crippen LogP contribution in [0.25, 0.3) is 0 Å². The van der Waals surface area contributed by atoms with Gasteiger partial charge in [-0.05, 0) is 12.1 Å². The van der Waals surface area contributed by atoms with E-state index >= 15 is 0 Å². The first kappa shape index (κ1) is 13.7. The Hall–Kier alpha value is -1.70. The van der Waals surface area contributed by atoms with Crippen LogP contribution in [0.5, 0.6) is 0 Å². The van der Waals surface area contributed by atoms with Crippen LogP contribution < -0.4 is 5.32 Å². The van der Waals surface area contributed by atoms with Gasteiger partial charge < -0.3 is 5.32 Å². The van der Waals surface area contributed by atoms with Gasteiger partial charge in [0.05, 0.1) is 0 Å². The summed E-state index contributed by atoms with van der Waals surface area (Å²) in [7, 11) is 0. The summed E-state index contributed by atoms with van der Waals surface area (Å²) >= 11 is 2.86. The molecule has 1 aromatic carbocycles. The molecule has 19 heavy (non-hydrogen) atoms. The van der Waals surface area contributed by atoms with E-state index in [1.165, 1.54) is 0 Å². The van der Waals surface area contributed by atoms with Crippen molar-refractivity contribution in [3.8, 4) is 0 Å². The van der Waals surface area contributed by atoms with Crippen LogP contribution in [-0.4, -0.2) is 4.98 Å². The predicted octanol–water partition coefficient (Wildman–Crippen LogP) is 4.28. The number of pyridine rings is 1. The second-order valence-corrected chi connectivity index (χ2v) is 4.38. The molecule has 1 heterocycles. The van der Waals surface area contributed by atoms with E-state index in [1.54, 1.807) is 0 Å². The molecule has 0 aliphatic carbocycles. The molecule has 0 aliphatic heterocycles. The Morgan fingerprint density at radius 1 is 0.842 bits per heavy atom. The Morgan fingerprint density at radius 3 is 2.00 bits per heavy atom. The lowest BCUT2D eigenvalue weighted by molar-refractivity contribution is 0.466. The van der Waals surface area contributed by atoms with Gasteiger partial charge in [-0.3, -0.25) is 0 Å². The van der Waals surface area contributed by atoms with Gasteiger partial charge in [0.25, 0.3) is 5.95 Å². The lowest BCUT2D eigenvalue weighted by Crippen LogP contribution is -2.04. The summed E-state index contributed by atoms with van der Waals surface area (Å²) in [6.07, 6.45) is 0. The van der Waals surface area contributed by atoms with Crippen molar-refractivity contribution >= 4 is 27.4 Å². The number of rotatable bonds is 2. The van der Waals surface area contributed by atoms with Crippen LogP contribution in [-0.2, 0) is 0 Å². The predicted molar refractivity (Wildman–Crippen MR) is 61.5 cm³/mol. The third-order valence-corrected chi connectivity index (χ3v) is 2.59. The number of halogens is 6. The van der Waals surface area contributed by atoms with E-state index in [4.69, 9.17) is 0 Å². The van der Waals surface area contributed by atoms with Gasteiger partial charge in [-0.2, -0.15) is 9.37 Å². The highest BCUT2D eigenvalue weighted by Gasteiger charge is 2.16. The molecule has 100 valence electrons. The molecule has 2 nitrogen and oxygen atoms in total. The second kappa shape index (κ2) is 5.12. The minimum atomic E-state index is -1.58. The molecule has 1 aromatic heterocycles. The quantitative estimate of drug-likeness (QED) is 0.653. The molecule has 8 heteroatoms. The number of hydrogen-bond acceptors (Lipinski definition) is 2. The molecule has 2 aromatic rings. The summed E-state index contributed by atoms with van der Waals surface area (Å²) in [6.45, 7) is 0. The molecule has 0 bridgehead atoms. The molecule has 0 radical (unpaired) electrons. The van der Waals surface area contributed by atoms with E-state index < -0.39 is 40.7 Å². The summed E-state index contributed by atoms with van der Waals surface area (Å²) in [5.41, 5.74) is -0.722. The first-order valence-electron chi connectivity index (χ1n) is 4.81. The highest BCUT2D eigenvalue weighted by atomic mass is 79.9. The van der Waals surface area contributed by atoms with Crippen molar-refractivity contribution in [1.82, 2.24) is 4.98 Å². The largest absolute Gasteiger partial charge is 0.333 e. The highest BCUT2D eigenvalue weighted by molar-refractivity contribution is 9.10. The molecule has 2 rings (SSSR count). The number of hydrogen-bond donors (Lipinski definition) is 1. The van der Waals surface area contributed by atoms with Gasteiger partial charge in [0, 0.05) is 10.5 Å². The number of nitrogens with zero attached hydrogens (tertiary/aromatic N) is 1. The minimum Gasteiger partial charge on any atom is -0.333 e. The number of nitrogens with one attached hydrogen (secondary N) is 1. The van der Waals surface area contributed by atoms with Gasteiger partial charge in [0.2, 0.25) is 0 Å². The summed E-state index contributed by atoms with van der Waals surface area (Å²) in [6, 6.07) is 2.06. The van der Waals surface area contributed by atoms with Gasteiger partial charge in [-0.15, -0.1) is 0 Å². The standard InChI is InChI=1S/C11H4BrF5N2/c12-4-1-5(13)9(6(14)2-4)18-11-8(16)3-7(15)10(17)19-11/h1-3H,(H,18,19). The van der Waals surface area contributed by atoms with Gasteiger partial charge >= 0.3 is 0 Å². The maximum atomic E-state index is 13.5. The molecule has 0 fully saturated rings. The van der Waals surface area contributed by atoms with Crippen molar-refractivity contribution in [1.29, 1.82) is 0 Å². The summed E-state index contributed by atoms with van der Waals surface area (Å²) in [5, 5.41) is 1.94. The van der Waals surface area contributed by atoms with Crippen LogP contribution >= 0.6 is 15.9 Å². The zero-order valence-electron chi connectivity index (χ0n) is 8.95. The average Bonchev–Trinajstić information content (AvgIpc) is 2.29. The van der Waals surface area contributed by atoms with Crippen molar-refractivity contribution in [3.63, 3.8) is 0 Å². The van der Waals surface area contributed by atoms with E-state index in [1.807, 2.05) is 5.32 Å². The first-order valence-corrected chi connectivity index (χ1v) is 5.61. The second-order valence-electron chi connectivity index (χ2n) is 3.46. The molecule has 0 saturated carbocycles. The molecule has 0 unspecified atom stereocenters. The fourth-order valence-electron chi connectivity index (χ4n) is 1.31. The normalized spacial score (nSPS) is 10.6. The monoisotopic (exact) mass is 338 g/mol. The Morgan fingerprint density at radius 2 is 1.42 bits per heavy atom. The molecule has 0 saturated heterocycles. The number of benzene rings is 1. The third-order valence-electron chi connectivity index (χ3n) is 2.14. The molecular formula is C11H4BrF5N2. The highest BCUT2D eigenvalue weighted by Crippen LogP contribution is 2.27. The average molecular weight is 339 g/mol. The summed E-state index contributed by atoms with van der Waals surface area (Å²) in [4.78, 5) is 2.90. The van der Waals surface area contributed by atoms with Crippen LogP contribution in [0.15, 0.2) is 22.7 Å². The lowest BCUT2D eigenvalue weighted by Gasteiger charge is -2.09. The topological polar surface area (TPSA) is 24.9 Å². The Balaban J connectivity index is 2.45. The maximum Gasteiger partial charge on any atom is 0.251 e. The van der Waals surface area contributed by atoms with Gasteiger partial charge in [0.1, 0.15) is 5.69 Å². The van der Waals surface area contributed by atoms with Crippen molar-refractivity contribution in [2.75, 3.05) is 5.32 Å². The molecule has 0 amide bonds. The Labute approximate surface area is 112 Å². The van der Waals surface area contributed by atoms with Crippen molar-refractivity contribution in [2.45, 2.75) is 0 Å². The number of anilines is 2. The Bertz CT molecular complexity index is 624. The van der Waals surface area contributed by atoms with Gasteiger partial charge in [0.15, 0.2) is 29.1 Å². The SMILES string of the molecule is Fc1cc(F)c(Nc2c(F)cc(Br)cc2F)nc1F. The van der Waals surface area contributed by atoms with Crippen molar-refractivity contribution < 1.29 is 22.0 Å². The van der Waals surface area contributed by atoms with Crippen molar-refractivity contribution in [3.05, 3.63) is 51.9 Å². The van der Waals surface area contributed by atoms with E-state index in [-0.39, 0.29) is 10.5 Å². The van der Waals surface area contributed by atoms with E-state index in [0.717, 1.165) is 12.1 Å². The van der Waals surface area contributed by atoms with E-state index in [0.29, 0.717) is 0 Å². The smallest absolute Gasteiger partial charge is 0.251 e. The molecule has 0 atom stereocenters. The van der Waals surface area contributed by atoms with E-state index in [9.17, 15) is 22.0 Å². The molecular weight excluding hydrogens is 335 g/mol. The summed E-state index contributed by atoms with van der Waals surface area (Å²) in [5.74, 6) is -7.27. The first-order chi connectivity index (χ1) is 8.88. The van der Waals surface area contributed by atoms with Crippen LogP contribution in [0.4, 0.5) is 33.5 Å². The van der Waals surface area contributed by atoms with Gasteiger partial charge in [-0.1, -0.05) is 15.9 Å².